The largest absolute Gasteiger partial charge is 0.398 e. The van der Waals surface area contributed by atoms with E-state index in [1.165, 1.54) is 5.56 Å². The molecule has 3 aromatic rings. The highest BCUT2D eigenvalue weighted by Gasteiger charge is 2.12. The molecule has 0 fully saturated rings. The molecule has 0 aliphatic carbocycles. The summed E-state index contributed by atoms with van der Waals surface area (Å²) in [6.45, 7) is 2.12. The van der Waals surface area contributed by atoms with Crippen LogP contribution in [0.4, 0.5) is 5.69 Å². The molecule has 0 aliphatic heterocycles. The lowest BCUT2D eigenvalue weighted by atomic mass is 10.1. The Morgan fingerprint density at radius 2 is 2.05 bits per heavy atom. The van der Waals surface area contributed by atoms with E-state index in [1.807, 2.05) is 30.3 Å². The molecule has 0 amide bonds. The van der Waals surface area contributed by atoms with Crippen molar-refractivity contribution in [1.29, 1.82) is 0 Å². The molecule has 0 spiro atoms. The molecule has 0 unspecified atom stereocenters. The van der Waals surface area contributed by atoms with Gasteiger partial charge in [-0.2, -0.15) is 4.68 Å². The number of nitrogens with zero attached hydrogens (tertiary/aromatic N) is 4. The lowest BCUT2D eigenvalue weighted by molar-refractivity contribution is 0.790. The summed E-state index contributed by atoms with van der Waals surface area (Å²) in [7, 11) is 0. The van der Waals surface area contributed by atoms with Crippen LogP contribution in [-0.4, -0.2) is 20.2 Å². The minimum atomic E-state index is 0.657. The van der Waals surface area contributed by atoms with E-state index in [0.29, 0.717) is 11.5 Å². The molecule has 0 aliphatic rings. The Bertz CT molecular complexity index is 781. The Balaban J connectivity index is 2.09. The van der Waals surface area contributed by atoms with E-state index in [4.69, 9.17) is 5.73 Å². The Hall–Kier alpha value is -2.21. The van der Waals surface area contributed by atoms with Gasteiger partial charge >= 0.3 is 0 Å². The fraction of sp³-hybridized carbons (Fsp3) is 0.133. The monoisotopic (exact) mass is 343 g/mol. The molecule has 106 valence electrons. The van der Waals surface area contributed by atoms with Gasteiger partial charge in [0.2, 0.25) is 0 Å². The predicted molar refractivity (Wildman–Crippen MR) is 86.1 cm³/mol. The third kappa shape index (κ3) is 2.67. The number of nitrogen functional groups attached to an aromatic ring is 1. The zero-order valence-corrected chi connectivity index (χ0v) is 13.1. The molecule has 0 radical (unpaired) electrons. The maximum Gasteiger partial charge on any atom is 0.187 e. The van der Waals surface area contributed by atoms with Crippen LogP contribution >= 0.6 is 15.9 Å². The van der Waals surface area contributed by atoms with Gasteiger partial charge in [-0.05, 0) is 68.7 Å². The van der Waals surface area contributed by atoms with Crippen molar-refractivity contribution in [3.05, 3.63) is 52.5 Å². The van der Waals surface area contributed by atoms with Crippen LogP contribution < -0.4 is 5.73 Å². The predicted octanol–water partition coefficient (Wildman–Crippen LogP) is 3.24. The highest BCUT2D eigenvalue weighted by molar-refractivity contribution is 9.10. The van der Waals surface area contributed by atoms with E-state index >= 15 is 0 Å². The van der Waals surface area contributed by atoms with Gasteiger partial charge < -0.3 is 5.73 Å². The number of hydrogen-bond donors (Lipinski definition) is 1. The van der Waals surface area contributed by atoms with Crippen molar-refractivity contribution in [2.75, 3.05) is 5.73 Å². The van der Waals surface area contributed by atoms with Gasteiger partial charge in [-0.15, -0.1) is 5.10 Å². The SMILES string of the molecule is CCc1cccc(-n2nnnc2-c2ccc(Br)c(N)c2)c1. The Morgan fingerprint density at radius 3 is 2.81 bits per heavy atom. The number of halogens is 1. The fourth-order valence-corrected chi connectivity index (χ4v) is 2.38. The van der Waals surface area contributed by atoms with Crippen LogP contribution in [-0.2, 0) is 6.42 Å². The minimum Gasteiger partial charge on any atom is -0.398 e. The smallest absolute Gasteiger partial charge is 0.187 e. The zero-order valence-electron chi connectivity index (χ0n) is 11.5. The first-order chi connectivity index (χ1) is 10.2. The van der Waals surface area contributed by atoms with Crippen molar-refractivity contribution < 1.29 is 0 Å². The summed E-state index contributed by atoms with van der Waals surface area (Å²) in [4.78, 5) is 0. The molecule has 2 aromatic carbocycles. The molecule has 21 heavy (non-hydrogen) atoms. The number of aryl methyl sites for hydroxylation is 1. The van der Waals surface area contributed by atoms with Crippen LogP contribution in [0.25, 0.3) is 17.1 Å². The molecule has 2 N–H and O–H groups in total. The Kier molecular flexibility index (Phi) is 3.70. The van der Waals surface area contributed by atoms with Crippen molar-refractivity contribution >= 4 is 21.6 Å². The molecule has 3 rings (SSSR count). The van der Waals surface area contributed by atoms with Gasteiger partial charge in [0, 0.05) is 15.7 Å². The second kappa shape index (κ2) is 5.65. The van der Waals surface area contributed by atoms with Gasteiger partial charge in [0.15, 0.2) is 5.82 Å². The lowest BCUT2D eigenvalue weighted by Gasteiger charge is -2.07. The summed E-state index contributed by atoms with van der Waals surface area (Å²) in [5.41, 5.74) is 9.65. The van der Waals surface area contributed by atoms with E-state index in [-0.39, 0.29) is 0 Å². The number of anilines is 1. The first-order valence-electron chi connectivity index (χ1n) is 6.62. The number of benzene rings is 2. The van der Waals surface area contributed by atoms with Crippen LogP contribution in [0.2, 0.25) is 0 Å². The molecule has 1 aromatic heterocycles. The van der Waals surface area contributed by atoms with E-state index in [2.05, 4.69) is 50.5 Å². The number of aromatic nitrogens is 4. The van der Waals surface area contributed by atoms with Crippen LogP contribution in [0.5, 0.6) is 0 Å². The highest BCUT2D eigenvalue weighted by Crippen LogP contribution is 2.26. The van der Waals surface area contributed by atoms with Crippen molar-refractivity contribution in [3.63, 3.8) is 0 Å². The second-order valence-corrected chi connectivity index (χ2v) is 5.53. The number of rotatable bonds is 3. The molecule has 0 bridgehead atoms. The molecule has 1 heterocycles. The topological polar surface area (TPSA) is 69.6 Å². The van der Waals surface area contributed by atoms with Gasteiger partial charge in [-0.3, -0.25) is 0 Å². The van der Waals surface area contributed by atoms with Crippen molar-refractivity contribution in [2.24, 2.45) is 0 Å². The van der Waals surface area contributed by atoms with Crippen LogP contribution in [0.3, 0.4) is 0 Å². The fourth-order valence-electron chi connectivity index (χ4n) is 2.13. The summed E-state index contributed by atoms with van der Waals surface area (Å²) in [5, 5.41) is 12.0. The molecule has 0 saturated heterocycles. The average Bonchev–Trinajstić information content (AvgIpc) is 2.99. The minimum absolute atomic E-state index is 0.657. The first-order valence-corrected chi connectivity index (χ1v) is 7.41. The standard InChI is InChI=1S/C15H14BrN5/c1-2-10-4-3-5-12(8-10)21-15(18-19-20-21)11-6-7-13(16)14(17)9-11/h3-9H,2,17H2,1H3. The first kappa shape index (κ1) is 13.8. The third-order valence-corrected chi connectivity index (χ3v) is 4.01. The van der Waals surface area contributed by atoms with Crippen molar-refractivity contribution in [1.82, 2.24) is 20.2 Å². The highest BCUT2D eigenvalue weighted by atomic mass is 79.9. The Labute approximate surface area is 130 Å². The van der Waals surface area contributed by atoms with Crippen LogP contribution in [0.1, 0.15) is 12.5 Å². The van der Waals surface area contributed by atoms with Crippen LogP contribution in [0, 0.1) is 0 Å². The van der Waals surface area contributed by atoms with Gasteiger partial charge in [0.05, 0.1) is 5.69 Å². The summed E-state index contributed by atoms with van der Waals surface area (Å²) in [5.74, 6) is 0.669. The quantitative estimate of drug-likeness (QED) is 0.741. The summed E-state index contributed by atoms with van der Waals surface area (Å²) < 4.78 is 2.58. The maximum atomic E-state index is 5.94. The maximum absolute atomic E-state index is 5.94. The zero-order chi connectivity index (χ0) is 14.8. The third-order valence-electron chi connectivity index (χ3n) is 3.29. The van der Waals surface area contributed by atoms with E-state index in [9.17, 15) is 0 Å². The van der Waals surface area contributed by atoms with E-state index < -0.39 is 0 Å². The molecule has 5 nitrogen and oxygen atoms in total. The van der Waals surface area contributed by atoms with Gasteiger partial charge in [0.1, 0.15) is 0 Å². The van der Waals surface area contributed by atoms with Crippen LogP contribution in [0.15, 0.2) is 46.9 Å². The molecule has 0 saturated carbocycles. The van der Waals surface area contributed by atoms with E-state index in [1.54, 1.807) is 4.68 Å². The van der Waals surface area contributed by atoms with Gasteiger partial charge in [-0.25, -0.2) is 0 Å². The number of nitrogens with two attached hydrogens (primary N) is 1. The molecular weight excluding hydrogens is 330 g/mol. The lowest BCUT2D eigenvalue weighted by Crippen LogP contribution is -2.01. The summed E-state index contributed by atoms with van der Waals surface area (Å²) in [6.07, 6.45) is 0.969. The Morgan fingerprint density at radius 1 is 1.19 bits per heavy atom. The van der Waals surface area contributed by atoms with Gasteiger partial charge in [0.25, 0.3) is 0 Å². The summed E-state index contributed by atoms with van der Waals surface area (Å²) in [6, 6.07) is 13.9. The molecular formula is C15H14BrN5. The summed E-state index contributed by atoms with van der Waals surface area (Å²) >= 11 is 3.39. The number of hydrogen-bond acceptors (Lipinski definition) is 4. The van der Waals surface area contributed by atoms with Crippen molar-refractivity contribution in [2.45, 2.75) is 13.3 Å². The second-order valence-electron chi connectivity index (χ2n) is 4.67. The van der Waals surface area contributed by atoms with Crippen molar-refractivity contribution in [3.8, 4) is 17.1 Å². The molecule has 6 heteroatoms. The number of tetrazole rings is 1. The van der Waals surface area contributed by atoms with E-state index in [0.717, 1.165) is 22.1 Å². The molecule has 0 atom stereocenters. The van der Waals surface area contributed by atoms with Gasteiger partial charge in [-0.1, -0.05) is 19.1 Å². The average molecular weight is 344 g/mol. The normalized spacial score (nSPS) is 10.8.